The maximum atomic E-state index is 13.0. The fourth-order valence-corrected chi connectivity index (χ4v) is 4.22. The fraction of sp³-hybridized carbons (Fsp3) is 0.400. The molecule has 0 saturated carbocycles. The number of carbonyl (C=O) groups excluding carboxylic acids is 1. The molecule has 1 aliphatic heterocycles. The number of carbonyl (C=O) groups is 1. The van der Waals surface area contributed by atoms with Gasteiger partial charge in [-0.3, -0.25) is 23.3 Å². The zero-order chi connectivity index (χ0) is 21.6. The average molecular weight is 431 g/mol. The van der Waals surface area contributed by atoms with Gasteiger partial charge in [-0.2, -0.15) is 4.98 Å². The van der Waals surface area contributed by atoms with E-state index in [0.29, 0.717) is 54.6 Å². The third-order valence-corrected chi connectivity index (χ3v) is 5.97. The van der Waals surface area contributed by atoms with Crippen molar-refractivity contribution in [2.75, 3.05) is 18.0 Å². The summed E-state index contributed by atoms with van der Waals surface area (Å²) in [5, 5.41) is 0.598. The van der Waals surface area contributed by atoms with Crippen molar-refractivity contribution in [1.82, 2.24) is 18.7 Å². The molecule has 3 heterocycles. The van der Waals surface area contributed by atoms with Crippen LogP contribution >= 0.6 is 11.6 Å². The number of primary amides is 1. The second-order valence-corrected chi connectivity index (χ2v) is 8.11. The van der Waals surface area contributed by atoms with E-state index in [1.165, 1.54) is 11.6 Å². The second kappa shape index (κ2) is 7.64. The van der Waals surface area contributed by atoms with Gasteiger partial charge in [-0.1, -0.05) is 23.7 Å². The number of amides is 1. The Morgan fingerprint density at radius 1 is 1.20 bits per heavy atom. The minimum absolute atomic E-state index is 0.163. The maximum Gasteiger partial charge on any atom is 0.332 e. The van der Waals surface area contributed by atoms with Crippen molar-refractivity contribution in [3.63, 3.8) is 0 Å². The molecule has 1 amide bonds. The van der Waals surface area contributed by atoms with Gasteiger partial charge in [-0.05, 0) is 30.5 Å². The molecule has 2 N–H and O–H groups in total. The predicted octanol–water partition coefficient (Wildman–Crippen LogP) is 0.837. The molecule has 30 heavy (non-hydrogen) atoms. The number of aromatic nitrogens is 4. The molecule has 4 rings (SSSR count). The third kappa shape index (κ3) is 3.39. The summed E-state index contributed by atoms with van der Waals surface area (Å²) in [5.41, 5.74) is 6.22. The van der Waals surface area contributed by atoms with E-state index in [4.69, 9.17) is 17.3 Å². The van der Waals surface area contributed by atoms with Gasteiger partial charge >= 0.3 is 5.69 Å². The van der Waals surface area contributed by atoms with Crippen molar-refractivity contribution in [2.45, 2.75) is 19.4 Å². The number of nitrogens with zero attached hydrogens (tertiary/aromatic N) is 5. The van der Waals surface area contributed by atoms with Crippen LogP contribution in [0, 0.1) is 5.92 Å². The van der Waals surface area contributed by atoms with Crippen LogP contribution in [0.5, 0.6) is 0 Å². The SMILES string of the molecule is Cn1c(=O)c2c(nc(N3CCC(C(N)=O)CC3)n2Cc2cccc(Cl)c2)n(C)c1=O. The van der Waals surface area contributed by atoms with Crippen LogP contribution in [0.2, 0.25) is 5.02 Å². The van der Waals surface area contributed by atoms with Gasteiger partial charge in [-0.15, -0.1) is 0 Å². The normalized spacial score (nSPS) is 15.1. The van der Waals surface area contributed by atoms with Crippen LogP contribution in [0.15, 0.2) is 33.9 Å². The molecule has 9 nitrogen and oxygen atoms in total. The number of aryl methyl sites for hydroxylation is 1. The zero-order valence-electron chi connectivity index (χ0n) is 16.8. The van der Waals surface area contributed by atoms with E-state index < -0.39 is 11.2 Å². The van der Waals surface area contributed by atoms with Crippen molar-refractivity contribution in [1.29, 1.82) is 0 Å². The molecule has 0 unspecified atom stereocenters. The predicted molar refractivity (Wildman–Crippen MR) is 115 cm³/mol. The molecule has 158 valence electrons. The van der Waals surface area contributed by atoms with Crippen molar-refractivity contribution < 1.29 is 4.79 Å². The molecule has 0 bridgehead atoms. The summed E-state index contributed by atoms with van der Waals surface area (Å²) in [6, 6.07) is 7.40. The molecule has 0 aliphatic carbocycles. The molecular weight excluding hydrogens is 408 g/mol. The highest BCUT2D eigenvalue weighted by Crippen LogP contribution is 2.26. The van der Waals surface area contributed by atoms with E-state index in [-0.39, 0.29) is 11.8 Å². The zero-order valence-corrected chi connectivity index (χ0v) is 17.6. The average Bonchev–Trinajstić information content (AvgIpc) is 3.10. The molecule has 1 fully saturated rings. The summed E-state index contributed by atoms with van der Waals surface area (Å²) in [4.78, 5) is 43.7. The summed E-state index contributed by atoms with van der Waals surface area (Å²) in [7, 11) is 3.06. The Kier molecular flexibility index (Phi) is 5.15. The Labute approximate surface area is 177 Å². The molecule has 0 radical (unpaired) electrons. The van der Waals surface area contributed by atoms with Crippen molar-refractivity contribution in [3.8, 4) is 0 Å². The minimum atomic E-state index is -0.432. The molecule has 10 heteroatoms. The Balaban J connectivity index is 1.88. The Morgan fingerprint density at radius 3 is 2.53 bits per heavy atom. The monoisotopic (exact) mass is 430 g/mol. The summed E-state index contributed by atoms with van der Waals surface area (Å²) in [5.74, 6) is 0.133. The van der Waals surface area contributed by atoms with Gasteiger partial charge in [0.1, 0.15) is 0 Å². The van der Waals surface area contributed by atoms with Crippen LogP contribution in [0.4, 0.5) is 5.95 Å². The second-order valence-electron chi connectivity index (χ2n) is 7.67. The third-order valence-electron chi connectivity index (χ3n) is 5.74. The highest BCUT2D eigenvalue weighted by Gasteiger charge is 2.28. The molecule has 2 aromatic heterocycles. The Morgan fingerprint density at radius 2 is 1.90 bits per heavy atom. The Hall–Kier alpha value is -3.07. The number of hydrogen-bond acceptors (Lipinski definition) is 5. The van der Waals surface area contributed by atoms with E-state index in [1.54, 1.807) is 13.1 Å². The number of fused-ring (bicyclic) bond motifs is 1. The van der Waals surface area contributed by atoms with Crippen LogP contribution < -0.4 is 21.9 Å². The highest BCUT2D eigenvalue weighted by atomic mass is 35.5. The summed E-state index contributed by atoms with van der Waals surface area (Å²) < 4.78 is 4.29. The fourth-order valence-electron chi connectivity index (χ4n) is 4.01. The number of rotatable bonds is 4. The molecule has 0 spiro atoms. The molecule has 3 aromatic rings. The molecule has 1 aliphatic rings. The van der Waals surface area contributed by atoms with Crippen LogP contribution in [-0.2, 0) is 25.4 Å². The first kappa shape index (κ1) is 20.2. The lowest BCUT2D eigenvalue weighted by molar-refractivity contribution is -0.122. The first-order valence-corrected chi connectivity index (χ1v) is 10.1. The summed E-state index contributed by atoms with van der Waals surface area (Å²) in [6.07, 6.45) is 1.24. The van der Waals surface area contributed by atoms with Crippen molar-refractivity contribution in [3.05, 3.63) is 55.7 Å². The molecule has 1 saturated heterocycles. The van der Waals surface area contributed by atoms with E-state index in [1.807, 2.05) is 27.7 Å². The van der Waals surface area contributed by atoms with E-state index in [9.17, 15) is 14.4 Å². The number of piperidine rings is 1. The highest BCUT2D eigenvalue weighted by molar-refractivity contribution is 6.30. The van der Waals surface area contributed by atoms with Gasteiger partial charge < -0.3 is 10.6 Å². The first-order valence-electron chi connectivity index (χ1n) is 9.73. The minimum Gasteiger partial charge on any atom is -0.369 e. The van der Waals surface area contributed by atoms with Crippen molar-refractivity contribution >= 4 is 34.6 Å². The lowest BCUT2D eigenvalue weighted by Gasteiger charge is -2.31. The number of halogens is 1. The summed E-state index contributed by atoms with van der Waals surface area (Å²) in [6.45, 7) is 1.54. The summed E-state index contributed by atoms with van der Waals surface area (Å²) >= 11 is 6.15. The quantitative estimate of drug-likeness (QED) is 0.659. The van der Waals surface area contributed by atoms with Gasteiger partial charge in [0.05, 0.1) is 6.54 Å². The standard InChI is InChI=1S/C20H23ClN6O3/c1-24-17-15(18(29)25(2)20(24)30)27(11-12-4-3-5-14(21)10-12)19(23-17)26-8-6-13(7-9-26)16(22)28/h3-5,10,13H,6-9,11H2,1-2H3,(H2,22,28). The largest absolute Gasteiger partial charge is 0.369 e. The van der Waals surface area contributed by atoms with Gasteiger partial charge in [0.2, 0.25) is 11.9 Å². The van der Waals surface area contributed by atoms with E-state index >= 15 is 0 Å². The molecule has 1 aromatic carbocycles. The number of nitrogens with two attached hydrogens (primary N) is 1. The van der Waals surface area contributed by atoms with Crippen LogP contribution in [0.1, 0.15) is 18.4 Å². The smallest absolute Gasteiger partial charge is 0.332 e. The Bertz CT molecular complexity index is 1250. The molecular formula is C20H23ClN6O3. The van der Waals surface area contributed by atoms with Gasteiger partial charge in [0.15, 0.2) is 11.2 Å². The van der Waals surface area contributed by atoms with E-state index in [0.717, 1.165) is 10.1 Å². The lowest BCUT2D eigenvalue weighted by Crippen LogP contribution is -2.40. The van der Waals surface area contributed by atoms with Gasteiger partial charge in [0, 0.05) is 38.1 Å². The number of hydrogen-bond donors (Lipinski definition) is 1. The number of imidazole rings is 1. The van der Waals surface area contributed by atoms with E-state index in [2.05, 4.69) is 4.98 Å². The van der Waals surface area contributed by atoms with Gasteiger partial charge in [-0.25, -0.2) is 4.79 Å². The molecule has 0 atom stereocenters. The van der Waals surface area contributed by atoms with Crippen LogP contribution in [0.25, 0.3) is 11.2 Å². The lowest BCUT2D eigenvalue weighted by atomic mass is 9.96. The number of anilines is 1. The number of benzene rings is 1. The topological polar surface area (TPSA) is 108 Å². The maximum absolute atomic E-state index is 13.0. The van der Waals surface area contributed by atoms with Gasteiger partial charge in [0.25, 0.3) is 5.56 Å². The van der Waals surface area contributed by atoms with Crippen LogP contribution in [-0.4, -0.2) is 37.7 Å². The van der Waals surface area contributed by atoms with Crippen molar-refractivity contribution in [2.24, 2.45) is 25.7 Å². The first-order chi connectivity index (χ1) is 14.3. The van der Waals surface area contributed by atoms with Crippen LogP contribution in [0.3, 0.4) is 0 Å².